The summed E-state index contributed by atoms with van der Waals surface area (Å²) in [4.78, 5) is 22.8. The van der Waals surface area contributed by atoms with E-state index in [0.717, 1.165) is 29.6 Å². The van der Waals surface area contributed by atoms with E-state index in [-0.39, 0.29) is 5.91 Å². The second kappa shape index (κ2) is 6.31. The molecule has 0 saturated carbocycles. The fraction of sp³-hybridized carbons (Fsp3) is 0.278. The largest absolute Gasteiger partial charge is 0.459 e. The molecule has 6 nitrogen and oxygen atoms in total. The Morgan fingerprint density at radius 2 is 1.96 bits per heavy atom. The molecule has 2 aromatic heterocycles. The van der Waals surface area contributed by atoms with Gasteiger partial charge in [-0.05, 0) is 37.1 Å². The summed E-state index contributed by atoms with van der Waals surface area (Å²) in [6.45, 7) is 1.42. The number of fused-ring (bicyclic) bond motifs is 1. The molecule has 122 valence electrons. The Labute approximate surface area is 139 Å². The Bertz CT molecular complexity index is 834. The summed E-state index contributed by atoms with van der Waals surface area (Å²) in [6.07, 6.45) is 4.87. The van der Waals surface area contributed by atoms with Gasteiger partial charge < -0.3 is 14.6 Å². The molecule has 6 heteroatoms. The van der Waals surface area contributed by atoms with Gasteiger partial charge in [-0.2, -0.15) is 0 Å². The highest BCUT2D eigenvalue weighted by Crippen LogP contribution is 2.22. The lowest BCUT2D eigenvalue weighted by atomic mass is 10.0. The maximum absolute atomic E-state index is 12.3. The molecule has 1 N–H and O–H groups in total. The number of para-hydroxylation sites is 1. The molecule has 1 saturated heterocycles. The molecule has 1 aliphatic rings. The third-order valence-corrected chi connectivity index (χ3v) is 4.40. The van der Waals surface area contributed by atoms with E-state index in [0.29, 0.717) is 24.9 Å². The summed E-state index contributed by atoms with van der Waals surface area (Å²) in [5.74, 6) is 1.23. The Morgan fingerprint density at radius 3 is 2.75 bits per heavy atom. The van der Waals surface area contributed by atoms with Crippen LogP contribution in [0.4, 0.5) is 5.82 Å². The number of nitrogens with zero attached hydrogens (tertiary/aromatic N) is 3. The van der Waals surface area contributed by atoms with Crippen LogP contribution in [0.15, 0.2) is 53.4 Å². The SMILES string of the molecule is O=C(c1ccco1)N1CCC(Nc2ncnc3ccccc23)CC1. The molecule has 1 aliphatic heterocycles. The van der Waals surface area contributed by atoms with Crippen LogP contribution in [0.3, 0.4) is 0 Å². The molecular weight excluding hydrogens is 304 g/mol. The molecule has 4 rings (SSSR count). The normalized spacial score (nSPS) is 15.6. The number of rotatable bonds is 3. The van der Waals surface area contributed by atoms with Crippen molar-refractivity contribution in [2.75, 3.05) is 18.4 Å². The Morgan fingerprint density at radius 1 is 1.12 bits per heavy atom. The number of nitrogens with one attached hydrogen (secondary N) is 1. The number of anilines is 1. The van der Waals surface area contributed by atoms with Crippen LogP contribution in [0.25, 0.3) is 10.9 Å². The Kier molecular flexibility index (Phi) is 3.86. The van der Waals surface area contributed by atoms with E-state index in [1.807, 2.05) is 29.2 Å². The Hall–Kier alpha value is -2.89. The van der Waals surface area contributed by atoms with Crippen molar-refractivity contribution in [1.82, 2.24) is 14.9 Å². The summed E-state index contributed by atoms with van der Waals surface area (Å²) >= 11 is 0. The molecule has 1 aromatic carbocycles. The van der Waals surface area contributed by atoms with Crippen molar-refractivity contribution in [2.24, 2.45) is 0 Å². The average Bonchev–Trinajstić information content (AvgIpc) is 3.17. The van der Waals surface area contributed by atoms with E-state index >= 15 is 0 Å². The monoisotopic (exact) mass is 322 g/mol. The van der Waals surface area contributed by atoms with E-state index in [1.165, 1.54) is 6.26 Å². The molecule has 24 heavy (non-hydrogen) atoms. The average molecular weight is 322 g/mol. The van der Waals surface area contributed by atoms with E-state index in [1.54, 1.807) is 18.5 Å². The van der Waals surface area contributed by atoms with Crippen molar-refractivity contribution in [3.63, 3.8) is 0 Å². The van der Waals surface area contributed by atoms with Crippen molar-refractivity contribution < 1.29 is 9.21 Å². The molecular formula is C18H18N4O2. The molecule has 0 spiro atoms. The number of piperidine rings is 1. The number of carbonyl (C=O) groups excluding carboxylic acids is 1. The minimum absolute atomic E-state index is 0.0362. The summed E-state index contributed by atoms with van der Waals surface area (Å²) < 4.78 is 5.20. The van der Waals surface area contributed by atoms with Gasteiger partial charge in [0.15, 0.2) is 5.76 Å². The van der Waals surface area contributed by atoms with Gasteiger partial charge >= 0.3 is 0 Å². The van der Waals surface area contributed by atoms with Crippen molar-refractivity contribution in [3.8, 4) is 0 Å². The molecule has 0 aliphatic carbocycles. The van der Waals surface area contributed by atoms with Gasteiger partial charge in [-0.15, -0.1) is 0 Å². The topological polar surface area (TPSA) is 71.3 Å². The van der Waals surface area contributed by atoms with Crippen LogP contribution in [0.2, 0.25) is 0 Å². The number of furan rings is 1. The molecule has 0 atom stereocenters. The third kappa shape index (κ3) is 2.82. The maximum Gasteiger partial charge on any atom is 0.289 e. The second-order valence-corrected chi connectivity index (χ2v) is 5.93. The highest BCUT2D eigenvalue weighted by atomic mass is 16.3. The zero-order chi connectivity index (χ0) is 16.4. The van der Waals surface area contributed by atoms with Crippen LogP contribution >= 0.6 is 0 Å². The van der Waals surface area contributed by atoms with Crippen LogP contribution in [0, 0.1) is 0 Å². The number of aromatic nitrogens is 2. The first-order valence-corrected chi connectivity index (χ1v) is 8.10. The lowest BCUT2D eigenvalue weighted by molar-refractivity contribution is 0.0686. The van der Waals surface area contributed by atoms with E-state index in [9.17, 15) is 4.79 Å². The molecule has 0 unspecified atom stereocenters. The van der Waals surface area contributed by atoms with Gasteiger partial charge in [-0.25, -0.2) is 9.97 Å². The zero-order valence-electron chi connectivity index (χ0n) is 13.2. The van der Waals surface area contributed by atoms with E-state index in [2.05, 4.69) is 15.3 Å². The fourth-order valence-corrected chi connectivity index (χ4v) is 3.10. The summed E-state index contributed by atoms with van der Waals surface area (Å²) in [5, 5.41) is 4.53. The van der Waals surface area contributed by atoms with E-state index in [4.69, 9.17) is 4.42 Å². The van der Waals surface area contributed by atoms with Gasteiger partial charge in [0, 0.05) is 24.5 Å². The van der Waals surface area contributed by atoms with Gasteiger partial charge in [-0.3, -0.25) is 4.79 Å². The van der Waals surface area contributed by atoms with Crippen molar-refractivity contribution in [2.45, 2.75) is 18.9 Å². The number of hydrogen-bond donors (Lipinski definition) is 1. The Balaban J connectivity index is 1.42. The number of amides is 1. The minimum Gasteiger partial charge on any atom is -0.459 e. The number of hydrogen-bond acceptors (Lipinski definition) is 5. The van der Waals surface area contributed by atoms with Crippen LogP contribution in [0.5, 0.6) is 0 Å². The third-order valence-electron chi connectivity index (χ3n) is 4.40. The quantitative estimate of drug-likeness (QED) is 0.803. The first kappa shape index (κ1) is 14.7. The van der Waals surface area contributed by atoms with Crippen LogP contribution in [0.1, 0.15) is 23.4 Å². The van der Waals surface area contributed by atoms with Crippen LogP contribution < -0.4 is 5.32 Å². The van der Waals surface area contributed by atoms with Crippen molar-refractivity contribution >= 4 is 22.6 Å². The second-order valence-electron chi connectivity index (χ2n) is 5.93. The summed E-state index contributed by atoms with van der Waals surface area (Å²) in [5.41, 5.74) is 0.931. The predicted octanol–water partition coefficient (Wildman–Crippen LogP) is 2.94. The molecule has 0 bridgehead atoms. The highest BCUT2D eigenvalue weighted by molar-refractivity contribution is 5.91. The zero-order valence-corrected chi connectivity index (χ0v) is 13.2. The molecule has 1 fully saturated rings. The maximum atomic E-state index is 12.3. The number of benzene rings is 1. The molecule has 0 radical (unpaired) electrons. The molecule has 1 amide bonds. The fourth-order valence-electron chi connectivity index (χ4n) is 3.10. The van der Waals surface area contributed by atoms with Crippen LogP contribution in [-0.2, 0) is 0 Å². The smallest absolute Gasteiger partial charge is 0.289 e. The minimum atomic E-state index is -0.0362. The van der Waals surface area contributed by atoms with Gasteiger partial charge in [0.1, 0.15) is 12.1 Å². The van der Waals surface area contributed by atoms with Gasteiger partial charge in [0.2, 0.25) is 0 Å². The standard InChI is InChI=1S/C18H18N4O2/c23-18(16-6-3-11-24-16)22-9-7-13(8-10-22)21-17-14-4-1-2-5-15(14)19-12-20-17/h1-6,11-13H,7-10H2,(H,19,20,21). The molecule has 3 aromatic rings. The summed E-state index contributed by atoms with van der Waals surface area (Å²) in [7, 11) is 0. The predicted molar refractivity (Wildman–Crippen MR) is 90.8 cm³/mol. The molecule has 3 heterocycles. The van der Waals surface area contributed by atoms with Gasteiger partial charge in [0.25, 0.3) is 5.91 Å². The number of likely N-dealkylation sites (tertiary alicyclic amines) is 1. The van der Waals surface area contributed by atoms with Gasteiger partial charge in [-0.1, -0.05) is 12.1 Å². The summed E-state index contributed by atoms with van der Waals surface area (Å²) in [6, 6.07) is 11.7. The van der Waals surface area contributed by atoms with Crippen LogP contribution in [-0.4, -0.2) is 39.9 Å². The van der Waals surface area contributed by atoms with Gasteiger partial charge in [0.05, 0.1) is 11.8 Å². The first-order chi connectivity index (χ1) is 11.8. The number of carbonyl (C=O) groups is 1. The lowest BCUT2D eigenvalue weighted by Gasteiger charge is -2.32. The van der Waals surface area contributed by atoms with Crippen molar-refractivity contribution in [1.29, 1.82) is 0 Å². The van der Waals surface area contributed by atoms with E-state index < -0.39 is 0 Å². The lowest BCUT2D eigenvalue weighted by Crippen LogP contribution is -2.42. The van der Waals surface area contributed by atoms with Crippen molar-refractivity contribution in [3.05, 3.63) is 54.7 Å². The highest BCUT2D eigenvalue weighted by Gasteiger charge is 2.25. The first-order valence-electron chi connectivity index (χ1n) is 8.10.